The summed E-state index contributed by atoms with van der Waals surface area (Å²) in [5, 5.41) is 0.399. The minimum absolute atomic E-state index is 0.253. The lowest BCUT2D eigenvalue weighted by atomic mass is 10.2. The third-order valence-corrected chi connectivity index (χ3v) is 3.13. The SMILES string of the molecule is NC(=O)c1ccc(N)c(Sc2nccc(=O)[nH]2)c1. The molecule has 0 bridgehead atoms. The Kier molecular flexibility index (Phi) is 3.33. The Labute approximate surface area is 106 Å². The molecule has 0 saturated heterocycles. The van der Waals surface area contributed by atoms with Crippen LogP contribution in [0.1, 0.15) is 10.4 Å². The fourth-order valence-electron chi connectivity index (χ4n) is 1.28. The number of hydrogen-bond acceptors (Lipinski definition) is 5. The first-order chi connectivity index (χ1) is 8.56. The van der Waals surface area contributed by atoms with Crippen LogP contribution in [0.15, 0.2) is 45.3 Å². The van der Waals surface area contributed by atoms with Crippen LogP contribution >= 0.6 is 11.8 Å². The van der Waals surface area contributed by atoms with E-state index in [-0.39, 0.29) is 5.56 Å². The van der Waals surface area contributed by atoms with Gasteiger partial charge in [0.1, 0.15) is 0 Å². The second-order valence-corrected chi connectivity index (χ2v) is 4.49. The Hall–Kier alpha value is -2.28. The highest BCUT2D eigenvalue weighted by molar-refractivity contribution is 7.99. The molecule has 1 heterocycles. The van der Waals surface area contributed by atoms with E-state index < -0.39 is 5.91 Å². The van der Waals surface area contributed by atoms with E-state index in [0.29, 0.717) is 21.3 Å². The van der Waals surface area contributed by atoms with E-state index >= 15 is 0 Å². The molecule has 0 aliphatic carbocycles. The van der Waals surface area contributed by atoms with Gasteiger partial charge in [0.25, 0.3) is 5.56 Å². The molecule has 18 heavy (non-hydrogen) atoms. The lowest BCUT2D eigenvalue weighted by Gasteiger charge is -2.05. The van der Waals surface area contributed by atoms with Crippen molar-refractivity contribution in [1.82, 2.24) is 9.97 Å². The topological polar surface area (TPSA) is 115 Å². The number of carbonyl (C=O) groups is 1. The fourth-order valence-corrected chi connectivity index (χ4v) is 2.13. The number of benzene rings is 1. The van der Waals surface area contributed by atoms with Crippen molar-refractivity contribution in [2.24, 2.45) is 5.73 Å². The van der Waals surface area contributed by atoms with Crippen LogP contribution in [0.5, 0.6) is 0 Å². The standard InChI is InChI=1S/C11H10N4O2S/c12-7-2-1-6(10(13)17)5-8(7)18-11-14-4-3-9(16)15-11/h1-5H,12H2,(H2,13,17)(H,14,15,16). The molecule has 0 saturated carbocycles. The summed E-state index contributed by atoms with van der Waals surface area (Å²) >= 11 is 1.16. The van der Waals surface area contributed by atoms with Gasteiger partial charge in [-0.2, -0.15) is 0 Å². The zero-order valence-electron chi connectivity index (χ0n) is 9.21. The van der Waals surface area contributed by atoms with Crippen LogP contribution in [0.25, 0.3) is 0 Å². The Bertz CT molecular complexity index is 653. The van der Waals surface area contributed by atoms with E-state index in [1.54, 1.807) is 18.2 Å². The van der Waals surface area contributed by atoms with E-state index in [4.69, 9.17) is 11.5 Å². The first-order valence-corrected chi connectivity index (χ1v) is 5.80. The maximum Gasteiger partial charge on any atom is 0.251 e. The number of rotatable bonds is 3. The number of amides is 1. The molecule has 7 heteroatoms. The number of primary amides is 1. The van der Waals surface area contributed by atoms with Gasteiger partial charge in [-0.1, -0.05) is 0 Å². The zero-order chi connectivity index (χ0) is 13.1. The van der Waals surface area contributed by atoms with Crippen LogP contribution in [0.3, 0.4) is 0 Å². The molecule has 5 N–H and O–H groups in total. The summed E-state index contributed by atoms with van der Waals surface area (Å²) in [4.78, 5) is 29.4. The predicted molar refractivity (Wildman–Crippen MR) is 68.4 cm³/mol. The van der Waals surface area contributed by atoms with Gasteiger partial charge in [0.2, 0.25) is 5.91 Å². The molecule has 2 aromatic rings. The highest BCUT2D eigenvalue weighted by Gasteiger charge is 2.08. The van der Waals surface area contributed by atoms with Gasteiger partial charge < -0.3 is 16.5 Å². The van der Waals surface area contributed by atoms with Gasteiger partial charge in [-0.15, -0.1) is 0 Å². The average molecular weight is 262 g/mol. The molecule has 0 fully saturated rings. The zero-order valence-corrected chi connectivity index (χ0v) is 10.0. The monoisotopic (exact) mass is 262 g/mol. The largest absolute Gasteiger partial charge is 0.398 e. The smallest absolute Gasteiger partial charge is 0.251 e. The lowest BCUT2D eigenvalue weighted by Crippen LogP contribution is -2.11. The Morgan fingerprint density at radius 2 is 2.11 bits per heavy atom. The summed E-state index contributed by atoms with van der Waals surface area (Å²) in [6, 6.07) is 6.01. The molecular weight excluding hydrogens is 252 g/mol. The van der Waals surface area contributed by atoms with Crippen LogP contribution in [-0.4, -0.2) is 15.9 Å². The molecule has 0 aliphatic heterocycles. The summed E-state index contributed by atoms with van der Waals surface area (Å²) < 4.78 is 0. The molecular formula is C11H10N4O2S. The van der Waals surface area contributed by atoms with Gasteiger partial charge in [-0.05, 0) is 30.0 Å². The van der Waals surface area contributed by atoms with Crippen LogP contribution in [0, 0.1) is 0 Å². The minimum atomic E-state index is -0.536. The molecule has 92 valence electrons. The molecule has 1 amide bonds. The summed E-state index contributed by atoms with van der Waals surface area (Å²) in [6.07, 6.45) is 1.40. The quantitative estimate of drug-likeness (QED) is 0.553. The van der Waals surface area contributed by atoms with Crippen molar-refractivity contribution >= 4 is 23.4 Å². The van der Waals surface area contributed by atoms with Crippen LogP contribution in [0.4, 0.5) is 5.69 Å². The fraction of sp³-hybridized carbons (Fsp3) is 0. The van der Waals surface area contributed by atoms with Gasteiger partial charge in [-0.25, -0.2) is 4.98 Å². The molecule has 0 aliphatic rings. The van der Waals surface area contributed by atoms with E-state index in [9.17, 15) is 9.59 Å². The Morgan fingerprint density at radius 1 is 1.33 bits per heavy atom. The van der Waals surface area contributed by atoms with Crippen molar-refractivity contribution in [2.75, 3.05) is 5.73 Å². The summed E-state index contributed by atoms with van der Waals surface area (Å²) in [5.74, 6) is -0.536. The second-order valence-electron chi connectivity index (χ2n) is 3.46. The third kappa shape index (κ3) is 2.69. The van der Waals surface area contributed by atoms with Gasteiger partial charge >= 0.3 is 0 Å². The minimum Gasteiger partial charge on any atom is -0.398 e. The second kappa shape index (κ2) is 4.92. The number of carbonyl (C=O) groups excluding carboxylic acids is 1. The summed E-state index contributed by atoms with van der Waals surface area (Å²) in [7, 11) is 0. The molecule has 1 aromatic carbocycles. The summed E-state index contributed by atoms with van der Waals surface area (Å²) in [6.45, 7) is 0. The van der Waals surface area contributed by atoms with Crippen molar-refractivity contribution in [1.29, 1.82) is 0 Å². The summed E-state index contributed by atoms with van der Waals surface area (Å²) in [5.41, 5.74) is 11.6. The maximum absolute atomic E-state index is 11.1. The first kappa shape index (κ1) is 12.2. The number of nitrogens with two attached hydrogens (primary N) is 2. The van der Waals surface area contributed by atoms with Crippen molar-refractivity contribution in [3.05, 3.63) is 46.4 Å². The van der Waals surface area contributed by atoms with Gasteiger partial charge in [-0.3, -0.25) is 9.59 Å². The maximum atomic E-state index is 11.1. The predicted octanol–water partition coefficient (Wildman–Crippen LogP) is 0.602. The molecule has 1 aromatic heterocycles. The van der Waals surface area contributed by atoms with Crippen molar-refractivity contribution in [2.45, 2.75) is 10.1 Å². The number of aromatic amines is 1. The molecule has 0 unspecified atom stereocenters. The van der Waals surface area contributed by atoms with Crippen LogP contribution < -0.4 is 17.0 Å². The molecule has 0 spiro atoms. The number of hydrogen-bond donors (Lipinski definition) is 3. The van der Waals surface area contributed by atoms with E-state index in [0.717, 1.165) is 11.8 Å². The molecule has 0 atom stereocenters. The van der Waals surface area contributed by atoms with Crippen LogP contribution in [-0.2, 0) is 0 Å². The van der Waals surface area contributed by atoms with E-state index in [2.05, 4.69) is 9.97 Å². The molecule has 6 nitrogen and oxygen atoms in total. The third-order valence-electron chi connectivity index (χ3n) is 2.15. The van der Waals surface area contributed by atoms with Gasteiger partial charge in [0.05, 0.1) is 0 Å². The lowest BCUT2D eigenvalue weighted by molar-refractivity contribution is 0.1000. The number of aromatic nitrogens is 2. The van der Waals surface area contributed by atoms with Crippen molar-refractivity contribution in [3.8, 4) is 0 Å². The molecule has 0 radical (unpaired) electrons. The van der Waals surface area contributed by atoms with E-state index in [1.165, 1.54) is 12.3 Å². The number of H-pyrrole nitrogens is 1. The number of anilines is 1. The Balaban J connectivity index is 2.36. The first-order valence-electron chi connectivity index (χ1n) is 4.99. The number of nitrogen functional groups attached to an aromatic ring is 1. The van der Waals surface area contributed by atoms with Crippen LogP contribution in [0.2, 0.25) is 0 Å². The van der Waals surface area contributed by atoms with Crippen molar-refractivity contribution in [3.63, 3.8) is 0 Å². The average Bonchev–Trinajstić information content (AvgIpc) is 2.31. The highest BCUT2D eigenvalue weighted by Crippen LogP contribution is 2.29. The number of nitrogens with one attached hydrogen (secondary N) is 1. The van der Waals surface area contributed by atoms with Crippen molar-refractivity contribution < 1.29 is 4.79 Å². The molecule has 2 rings (SSSR count). The number of nitrogens with zero attached hydrogens (tertiary/aromatic N) is 1. The van der Waals surface area contributed by atoms with Gasteiger partial charge in [0.15, 0.2) is 5.16 Å². The Morgan fingerprint density at radius 3 is 2.78 bits per heavy atom. The normalized spacial score (nSPS) is 10.2. The van der Waals surface area contributed by atoms with Gasteiger partial charge in [0, 0.05) is 28.4 Å². The van der Waals surface area contributed by atoms with E-state index in [1.807, 2.05) is 0 Å². The highest BCUT2D eigenvalue weighted by atomic mass is 32.2.